The fraction of sp³-hybridized carbons (Fsp3) is 0.417. The lowest BCUT2D eigenvalue weighted by Crippen LogP contribution is -2.17. The van der Waals surface area contributed by atoms with E-state index in [-0.39, 0.29) is 24.8 Å². The number of para-hydroxylation sites is 1. The molecule has 2 N–H and O–H groups in total. The van der Waals surface area contributed by atoms with Gasteiger partial charge >= 0.3 is 5.97 Å². The van der Waals surface area contributed by atoms with Gasteiger partial charge in [0, 0.05) is 11.6 Å². The van der Waals surface area contributed by atoms with E-state index in [1.165, 1.54) is 0 Å². The average molecular weight is 260 g/mol. The summed E-state index contributed by atoms with van der Waals surface area (Å²) in [5, 5.41) is 0. The first-order valence-corrected chi connectivity index (χ1v) is 5.23. The largest absolute Gasteiger partial charge is 0.496 e. The number of esters is 1. The Morgan fingerprint density at radius 3 is 2.65 bits per heavy atom. The maximum atomic E-state index is 11.3. The number of carbonyl (C=O) groups excluding carboxylic acids is 1. The van der Waals surface area contributed by atoms with Crippen LogP contribution in [0.15, 0.2) is 24.3 Å². The molecule has 1 atom stereocenters. The fourth-order valence-corrected chi connectivity index (χ4v) is 1.48. The highest BCUT2D eigenvalue weighted by molar-refractivity contribution is 5.85. The Morgan fingerprint density at radius 1 is 1.41 bits per heavy atom. The van der Waals surface area contributed by atoms with E-state index in [2.05, 4.69) is 0 Å². The molecule has 0 aromatic heterocycles. The van der Waals surface area contributed by atoms with Crippen LogP contribution >= 0.6 is 12.4 Å². The third-order valence-electron chi connectivity index (χ3n) is 2.23. The Bertz CT molecular complexity index is 357. The first-order chi connectivity index (χ1) is 7.69. The van der Waals surface area contributed by atoms with Gasteiger partial charge in [0.25, 0.3) is 0 Å². The number of rotatable bonds is 5. The van der Waals surface area contributed by atoms with Crippen molar-refractivity contribution in [1.29, 1.82) is 0 Å². The van der Waals surface area contributed by atoms with Gasteiger partial charge in [-0.3, -0.25) is 4.79 Å². The van der Waals surface area contributed by atoms with Crippen molar-refractivity contribution in [2.45, 2.75) is 19.4 Å². The average Bonchev–Trinajstić information content (AvgIpc) is 2.29. The Kier molecular flexibility index (Phi) is 7.34. The van der Waals surface area contributed by atoms with E-state index < -0.39 is 6.04 Å². The van der Waals surface area contributed by atoms with Gasteiger partial charge in [0.15, 0.2) is 0 Å². The molecule has 0 aliphatic carbocycles. The highest BCUT2D eigenvalue weighted by atomic mass is 35.5. The molecule has 0 amide bonds. The Balaban J connectivity index is 0.00000256. The molecule has 0 fully saturated rings. The molecule has 0 saturated heterocycles. The number of hydrogen-bond donors (Lipinski definition) is 1. The van der Waals surface area contributed by atoms with Crippen LogP contribution in [-0.2, 0) is 9.53 Å². The molecular weight excluding hydrogens is 242 g/mol. The summed E-state index contributed by atoms with van der Waals surface area (Å²) < 4.78 is 10.0. The van der Waals surface area contributed by atoms with Crippen molar-refractivity contribution in [3.8, 4) is 5.75 Å². The summed E-state index contributed by atoms with van der Waals surface area (Å²) in [6, 6.07) is 7.00. The Morgan fingerprint density at radius 2 is 2.06 bits per heavy atom. The van der Waals surface area contributed by atoms with Gasteiger partial charge in [-0.15, -0.1) is 12.4 Å². The molecule has 0 heterocycles. The number of carbonyl (C=O) groups is 1. The lowest BCUT2D eigenvalue weighted by molar-refractivity contribution is -0.143. The van der Waals surface area contributed by atoms with E-state index in [9.17, 15) is 4.79 Å². The summed E-state index contributed by atoms with van der Waals surface area (Å²) in [5.41, 5.74) is 6.74. The summed E-state index contributed by atoms with van der Waals surface area (Å²) in [5.74, 6) is 0.403. The van der Waals surface area contributed by atoms with Crippen molar-refractivity contribution in [1.82, 2.24) is 0 Å². The van der Waals surface area contributed by atoms with Crippen LogP contribution in [0.1, 0.15) is 24.9 Å². The minimum absolute atomic E-state index is 0. The van der Waals surface area contributed by atoms with E-state index in [1.807, 2.05) is 24.3 Å². The normalized spacial score (nSPS) is 11.2. The molecule has 0 saturated carbocycles. The zero-order valence-corrected chi connectivity index (χ0v) is 10.8. The van der Waals surface area contributed by atoms with Crippen LogP contribution in [0.25, 0.3) is 0 Å². The number of ether oxygens (including phenoxy) is 2. The molecule has 96 valence electrons. The van der Waals surface area contributed by atoms with Gasteiger partial charge in [0.1, 0.15) is 5.75 Å². The van der Waals surface area contributed by atoms with Crippen molar-refractivity contribution in [2.24, 2.45) is 5.73 Å². The molecule has 1 aromatic rings. The summed E-state index contributed by atoms with van der Waals surface area (Å²) in [7, 11) is 1.58. The zero-order chi connectivity index (χ0) is 12.0. The molecule has 0 aliphatic heterocycles. The third-order valence-corrected chi connectivity index (χ3v) is 2.23. The van der Waals surface area contributed by atoms with Crippen LogP contribution in [0, 0.1) is 0 Å². The first-order valence-electron chi connectivity index (χ1n) is 5.23. The zero-order valence-electron chi connectivity index (χ0n) is 10.0. The van der Waals surface area contributed by atoms with E-state index in [0.717, 1.165) is 5.56 Å². The molecule has 0 bridgehead atoms. The summed E-state index contributed by atoms with van der Waals surface area (Å²) >= 11 is 0. The number of halogens is 1. The van der Waals surface area contributed by atoms with Crippen molar-refractivity contribution in [3.63, 3.8) is 0 Å². The fourth-order valence-electron chi connectivity index (χ4n) is 1.48. The highest BCUT2D eigenvalue weighted by Gasteiger charge is 2.15. The molecule has 17 heavy (non-hydrogen) atoms. The minimum Gasteiger partial charge on any atom is -0.496 e. The first kappa shape index (κ1) is 15.7. The smallest absolute Gasteiger partial charge is 0.307 e. The summed E-state index contributed by atoms with van der Waals surface area (Å²) in [6.07, 6.45) is 0.161. The van der Waals surface area contributed by atoms with Crippen LogP contribution in [0.2, 0.25) is 0 Å². The van der Waals surface area contributed by atoms with Crippen molar-refractivity contribution < 1.29 is 14.3 Å². The maximum Gasteiger partial charge on any atom is 0.307 e. The van der Waals surface area contributed by atoms with E-state index in [4.69, 9.17) is 15.2 Å². The predicted molar refractivity (Wildman–Crippen MR) is 68.4 cm³/mol. The van der Waals surface area contributed by atoms with Gasteiger partial charge in [0.05, 0.1) is 20.1 Å². The molecule has 0 aliphatic rings. The molecule has 4 nitrogen and oxygen atoms in total. The second-order valence-corrected chi connectivity index (χ2v) is 3.36. The van der Waals surface area contributed by atoms with Crippen molar-refractivity contribution >= 4 is 18.4 Å². The third kappa shape index (κ3) is 4.63. The van der Waals surface area contributed by atoms with Gasteiger partial charge in [-0.2, -0.15) is 0 Å². The second kappa shape index (κ2) is 7.92. The number of hydrogen-bond acceptors (Lipinski definition) is 4. The predicted octanol–water partition coefficient (Wildman–Crippen LogP) is 2.07. The van der Waals surface area contributed by atoms with E-state index in [0.29, 0.717) is 12.4 Å². The quantitative estimate of drug-likeness (QED) is 0.823. The summed E-state index contributed by atoms with van der Waals surface area (Å²) in [4.78, 5) is 11.3. The minimum atomic E-state index is -0.393. The van der Waals surface area contributed by atoms with Crippen LogP contribution in [0.4, 0.5) is 0 Å². The van der Waals surface area contributed by atoms with Crippen LogP contribution in [0.5, 0.6) is 5.75 Å². The van der Waals surface area contributed by atoms with E-state index >= 15 is 0 Å². The van der Waals surface area contributed by atoms with Crippen molar-refractivity contribution in [2.75, 3.05) is 13.7 Å². The van der Waals surface area contributed by atoms with Crippen LogP contribution in [0.3, 0.4) is 0 Å². The number of methoxy groups -OCH3 is 1. The molecule has 1 aromatic carbocycles. The molecular formula is C12H18ClNO3. The van der Waals surface area contributed by atoms with Crippen molar-refractivity contribution in [3.05, 3.63) is 29.8 Å². The number of benzene rings is 1. The second-order valence-electron chi connectivity index (χ2n) is 3.36. The lowest BCUT2D eigenvalue weighted by Gasteiger charge is -2.14. The highest BCUT2D eigenvalue weighted by Crippen LogP contribution is 2.25. The Labute approximate surface area is 108 Å². The molecule has 0 radical (unpaired) electrons. The van der Waals surface area contributed by atoms with Gasteiger partial charge < -0.3 is 15.2 Å². The van der Waals surface area contributed by atoms with Gasteiger partial charge in [-0.25, -0.2) is 0 Å². The van der Waals surface area contributed by atoms with Crippen LogP contribution < -0.4 is 10.5 Å². The SMILES string of the molecule is CCOC(=O)C[C@@H](N)c1ccccc1OC.Cl. The molecule has 1 rings (SSSR count). The monoisotopic (exact) mass is 259 g/mol. The topological polar surface area (TPSA) is 61.5 Å². The molecule has 0 unspecified atom stereocenters. The van der Waals surface area contributed by atoms with Gasteiger partial charge in [0.2, 0.25) is 0 Å². The summed E-state index contributed by atoms with van der Waals surface area (Å²) in [6.45, 7) is 2.14. The van der Waals surface area contributed by atoms with Gasteiger partial charge in [-0.05, 0) is 13.0 Å². The Hall–Kier alpha value is -1.26. The number of nitrogens with two attached hydrogens (primary N) is 1. The standard InChI is InChI=1S/C12H17NO3.ClH/c1-3-16-12(14)8-10(13)9-6-4-5-7-11(9)15-2;/h4-7,10H,3,8,13H2,1-2H3;1H/t10-;/m1./s1. The van der Waals surface area contributed by atoms with E-state index in [1.54, 1.807) is 14.0 Å². The molecule has 0 spiro atoms. The van der Waals surface area contributed by atoms with Crippen LogP contribution in [-0.4, -0.2) is 19.7 Å². The maximum absolute atomic E-state index is 11.3. The lowest BCUT2D eigenvalue weighted by atomic mass is 10.0. The van der Waals surface area contributed by atoms with Gasteiger partial charge in [-0.1, -0.05) is 18.2 Å². The molecule has 5 heteroatoms.